The third-order valence-electron chi connectivity index (χ3n) is 2.56. The molecule has 1 heterocycles. The Morgan fingerprint density at radius 1 is 1.29 bits per heavy atom. The number of rotatable bonds is 4. The predicted molar refractivity (Wildman–Crippen MR) is 62.4 cm³/mol. The van der Waals surface area contributed by atoms with Crippen LogP contribution in [0.3, 0.4) is 0 Å². The molecular weight excluding hydrogens is 218 g/mol. The monoisotopic (exact) mass is 231 g/mol. The standard InChI is InChI=1S/C12H13N3O2/c1-15-10(7-8-11(16)17)13-14-12(15)9-5-3-2-4-6-9/h2-6H,7-8H2,1H3,(H,16,17). The molecule has 1 N–H and O–H groups in total. The van der Waals surface area contributed by atoms with Gasteiger partial charge in [-0.3, -0.25) is 4.79 Å². The number of carboxylic acid groups (broad SMARTS) is 1. The van der Waals surface area contributed by atoms with Crippen molar-refractivity contribution in [3.63, 3.8) is 0 Å². The molecule has 0 spiro atoms. The number of carbonyl (C=O) groups is 1. The molecule has 1 aromatic carbocycles. The minimum Gasteiger partial charge on any atom is -0.481 e. The SMILES string of the molecule is Cn1c(CCC(=O)O)nnc1-c1ccccc1. The predicted octanol–water partition coefficient (Wildman–Crippen LogP) is 1.50. The van der Waals surface area contributed by atoms with E-state index in [2.05, 4.69) is 10.2 Å². The topological polar surface area (TPSA) is 68.0 Å². The summed E-state index contributed by atoms with van der Waals surface area (Å²) in [4.78, 5) is 10.5. The smallest absolute Gasteiger partial charge is 0.303 e. The number of aromatic nitrogens is 3. The molecule has 2 aromatic rings. The molecule has 0 fully saturated rings. The highest BCUT2D eigenvalue weighted by Gasteiger charge is 2.11. The summed E-state index contributed by atoms with van der Waals surface area (Å²) in [7, 11) is 1.85. The second kappa shape index (κ2) is 4.78. The molecule has 0 aliphatic rings. The molecule has 17 heavy (non-hydrogen) atoms. The van der Waals surface area contributed by atoms with Crippen LogP contribution in [0.4, 0.5) is 0 Å². The maximum absolute atomic E-state index is 10.5. The minimum atomic E-state index is -0.825. The number of carboxylic acids is 1. The average molecular weight is 231 g/mol. The molecular formula is C12H13N3O2. The summed E-state index contributed by atoms with van der Waals surface area (Å²) in [6.45, 7) is 0. The van der Waals surface area contributed by atoms with Crippen LogP contribution < -0.4 is 0 Å². The van der Waals surface area contributed by atoms with Gasteiger partial charge in [-0.05, 0) is 0 Å². The fourth-order valence-electron chi connectivity index (χ4n) is 1.64. The van der Waals surface area contributed by atoms with E-state index < -0.39 is 5.97 Å². The van der Waals surface area contributed by atoms with Crippen LogP contribution >= 0.6 is 0 Å². The lowest BCUT2D eigenvalue weighted by atomic mass is 10.2. The molecule has 0 aliphatic carbocycles. The zero-order valence-corrected chi connectivity index (χ0v) is 9.50. The average Bonchev–Trinajstić information content (AvgIpc) is 2.69. The molecule has 5 nitrogen and oxygen atoms in total. The lowest BCUT2D eigenvalue weighted by Gasteiger charge is -2.02. The van der Waals surface area contributed by atoms with Gasteiger partial charge >= 0.3 is 5.97 Å². The maximum Gasteiger partial charge on any atom is 0.303 e. The van der Waals surface area contributed by atoms with E-state index in [1.165, 1.54) is 0 Å². The van der Waals surface area contributed by atoms with Crippen molar-refractivity contribution >= 4 is 5.97 Å². The van der Waals surface area contributed by atoms with Crippen LogP contribution in [0.15, 0.2) is 30.3 Å². The molecule has 1 aromatic heterocycles. The van der Waals surface area contributed by atoms with Crippen molar-refractivity contribution in [2.75, 3.05) is 0 Å². The van der Waals surface area contributed by atoms with Crippen molar-refractivity contribution in [1.82, 2.24) is 14.8 Å². The van der Waals surface area contributed by atoms with Crippen molar-refractivity contribution in [1.29, 1.82) is 0 Å². The summed E-state index contributed by atoms with van der Waals surface area (Å²) < 4.78 is 1.83. The number of hydrogen-bond donors (Lipinski definition) is 1. The normalized spacial score (nSPS) is 10.4. The molecule has 0 saturated heterocycles. The van der Waals surface area contributed by atoms with E-state index in [-0.39, 0.29) is 6.42 Å². The van der Waals surface area contributed by atoms with Crippen LogP contribution in [0, 0.1) is 0 Å². The van der Waals surface area contributed by atoms with Gasteiger partial charge in [0.15, 0.2) is 5.82 Å². The van der Waals surface area contributed by atoms with Crippen LogP contribution in [0.1, 0.15) is 12.2 Å². The maximum atomic E-state index is 10.5. The zero-order chi connectivity index (χ0) is 12.3. The van der Waals surface area contributed by atoms with E-state index in [9.17, 15) is 4.79 Å². The first-order valence-electron chi connectivity index (χ1n) is 5.34. The van der Waals surface area contributed by atoms with Gasteiger partial charge in [-0.15, -0.1) is 10.2 Å². The molecule has 0 aliphatic heterocycles. The Labute approximate surface area is 98.7 Å². The van der Waals surface area contributed by atoms with Gasteiger partial charge in [0, 0.05) is 19.0 Å². The third-order valence-corrected chi connectivity index (χ3v) is 2.56. The van der Waals surface area contributed by atoms with E-state index in [0.717, 1.165) is 11.4 Å². The van der Waals surface area contributed by atoms with Crippen molar-refractivity contribution in [3.05, 3.63) is 36.2 Å². The van der Waals surface area contributed by atoms with Gasteiger partial charge in [-0.1, -0.05) is 30.3 Å². The third kappa shape index (κ3) is 2.50. The van der Waals surface area contributed by atoms with Crippen molar-refractivity contribution < 1.29 is 9.90 Å². The van der Waals surface area contributed by atoms with Crippen LogP contribution in [-0.4, -0.2) is 25.8 Å². The molecule has 0 radical (unpaired) electrons. The van der Waals surface area contributed by atoms with E-state index >= 15 is 0 Å². The summed E-state index contributed by atoms with van der Waals surface area (Å²) in [5.74, 6) is 0.617. The van der Waals surface area contributed by atoms with E-state index in [1.54, 1.807) is 0 Å². The highest BCUT2D eigenvalue weighted by molar-refractivity contribution is 5.67. The van der Waals surface area contributed by atoms with E-state index in [4.69, 9.17) is 5.11 Å². The number of aryl methyl sites for hydroxylation is 1. The lowest BCUT2D eigenvalue weighted by Crippen LogP contribution is -2.04. The highest BCUT2D eigenvalue weighted by atomic mass is 16.4. The molecule has 0 unspecified atom stereocenters. The van der Waals surface area contributed by atoms with E-state index in [0.29, 0.717) is 12.2 Å². The second-order valence-electron chi connectivity index (χ2n) is 3.76. The number of nitrogens with zero attached hydrogens (tertiary/aromatic N) is 3. The first-order chi connectivity index (χ1) is 8.18. The van der Waals surface area contributed by atoms with Crippen molar-refractivity contribution in [2.45, 2.75) is 12.8 Å². The molecule has 0 amide bonds. The van der Waals surface area contributed by atoms with Crippen molar-refractivity contribution in [2.24, 2.45) is 7.05 Å². The molecule has 2 rings (SSSR count). The van der Waals surface area contributed by atoms with E-state index in [1.807, 2.05) is 41.9 Å². The van der Waals surface area contributed by atoms with Crippen molar-refractivity contribution in [3.8, 4) is 11.4 Å². The fourth-order valence-corrected chi connectivity index (χ4v) is 1.64. The Morgan fingerprint density at radius 2 is 2.00 bits per heavy atom. The summed E-state index contributed by atoms with van der Waals surface area (Å²) >= 11 is 0. The molecule has 88 valence electrons. The van der Waals surface area contributed by atoms with Gasteiger partial charge in [0.2, 0.25) is 0 Å². The van der Waals surface area contributed by atoms with Gasteiger partial charge in [-0.25, -0.2) is 0 Å². The van der Waals surface area contributed by atoms with Gasteiger partial charge in [-0.2, -0.15) is 0 Å². The summed E-state index contributed by atoms with van der Waals surface area (Å²) in [5.41, 5.74) is 0.976. The Hall–Kier alpha value is -2.17. The number of hydrogen-bond acceptors (Lipinski definition) is 3. The Bertz CT molecular complexity index is 520. The highest BCUT2D eigenvalue weighted by Crippen LogP contribution is 2.16. The van der Waals surface area contributed by atoms with Gasteiger partial charge in [0.25, 0.3) is 0 Å². The van der Waals surface area contributed by atoms with Gasteiger partial charge in [0.1, 0.15) is 5.82 Å². The first-order valence-corrected chi connectivity index (χ1v) is 5.34. The molecule has 5 heteroatoms. The second-order valence-corrected chi connectivity index (χ2v) is 3.76. The quantitative estimate of drug-likeness (QED) is 0.865. The molecule has 0 saturated carbocycles. The van der Waals surface area contributed by atoms with Gasteiger partial charge < -0.3 is 9.67 Å². The molecule has 0 bridgehead atoms. The number of aliphatic carboxylic acids is 1. The van der Waals surface area contributed by atoms with Crippen LogP contribution in [-0.2, 0) is 18.3 Å². The van der Waals surface area contributed by atoms with Crippen LogP contribution in [0.5, 0.6) is 0 Å². The van der Waals surface area contributed by atoms with Crippen LogP contribution in [0.2, 0.25) is 0 Å². The lowest BCUT2D eigenvalue weighted by molar-refractivity contribution is -0.137. The fraction of sp³-hybridized carbons (Fsp3) is 0.250. The minimum absolute atomic E-state index is 0.0702. The summed E-state index contributed by atoms with van der Waals surface area (Å²) in [6.07, 6.45) is 0.465. The number of benzene rings is 1. The van der Waals surface area contributed by atoms with Gasteiger partial charge in [0.05, 0.1) is 6.42 Å². The summed E-state index contributed by atoms with van der Waals surface area (Å²) in [5, 5.41) is 16.7. The summed E-state index contributed by atoms with van der Waals surface area (Å²) in [6, 6.07) is 9.70. The molecule has 0 atom stereocenters. The zero-order valence-electron chi connectivity index (χ0n) is 9.50. The Morgan fingerprint density at radius 3 is 2.65 bits per heavy atom. The largest absolute Gasteiger partial charge is 0.481 e. The Balaban J connectivity index is 2.24. The Kier molecular flexibility index (Phi) is 3.18. The van der Waals surface area contributed by atoms with Crippen LogP contribution in [0.25, 0.3) is 11.4 Å². The first kappa shape index (κ1) is 11.3.